The van der Waals surface area contributed by atoms with Crippen molar-refractivity contribution in [2.24, 2.45) is 0 Å². The third kappa shape index (κ3) is 25.1. The molecule has 6 rings (SSSR count). The fourth-order valence-electron chi connectivity index (χ4n) is 12.9. The van der Waals surface area contributed by atoms with Gasteiger partial charge in [0.15, 0.2) is 49.6 Å². The molecule has 1 aromatic rings. The Balaban J connectivity index is 1.26. The quantitative estimate of drug-likeness (QED) is 0.0200. The zero-order valence-electron chi connectivity index (χ0n) is 56.4. The summed E-state index contributed by atoms with van der Waals surface area (Å²) in [7, 11) is 0. The van der Waals surface area contributed by atoms with Crippen LogP contribution in [0, 0.1) is 0 Å². The van der Waals surface area contributed by atoms with E-state index in [0.29, 0.717) is 24.8 Å². The van der Waals surface area contributed by atoms with Crippen molar-refractivity contribution >= 4 is 30.0 Å². The predicted octanol–water partition coefficient (Wildman–Crippen LogP) is 10.8. The molecule has 5 fully saturated rings. The number of aliphatic hydroxyl groups excluding tert-OH is 5. The van der Waals surface area contributed by atoms with Crippen molar-refractivity contribution in [1.82, 2.24) is 0 Å². The summed E-state index contributed by atoms with van der Waals surface area (Å²) in [5.74, 6) is -2.78. The second-order valence-corrected chi connectivity index (χ2v) is 26.3. The summed E-state index contributed by atoms with van der Waals surface area (Å²) in [5.41, 5.74) is 0.693. The normalized spacial score (nSPS) is 34.6. The number of aliphatic hydroxyl groups is 5. The number of benzene rings is 1. The molecular formula is C71H116O21. The van der Waals surface area contributed by atoms with Gasteiger partial charge in [-0.2, -0.15) is 0 Å². The standard InChI is InChI=1S/C71H116O21/c1-8-11-14-16-18-19-23-27-34-41-52(72)86-61-47(5)83-70(66(58(61)78)89-55(75)45-44-50-37-31-29-32-38-50)90-62-48(6)84-71(67(59(62)79)88-54(74)43-36-26-21-17-15-12-9-2)91-63-49(7)82-68-60(80)64(63)87-53(73)42-35-28-24-20-22-25-33-40-51(39-30-13-10-3)85-69-65(92-68)57(77)56(76)46(4)81-69/h29,31-32,37-38,44-49,51,56-71,76-80H,8-28,30,33-36,39-43H2,1-7H3/b45-44+/t46-,47+,48+,49+,51+,56+,57+,58-,59-,60-,61+,62+,63+,64+,65-,66-,67-,68+,69+,70+,71+/m1/s1. The zero-order valence-corrected chi connectivity index (χ0v) is 56.4. The van der Waals surface area contributed by atoms with Crippen LogP contribution in [0.25, 0.3) is 6.08 Å². The van der Waals surface area contributed by atoms with Gasteiger partial charge in [-0.3, -0.25) is 14.4 Å². The molecule has 0 unspecified atom stereocenters. The van der Waals surface area contributed by atoms with E-state index in [9.17, 15) is 44.7 Å². The number of unbranched alkanes of at least 4 members (excludes halogenated alkanes) is 16. The van der Waals surface area contributed by atoms with E-state index in [4.69, 9.17) is 56.8 Å². The van der Waals surface area contributed by atoms with Crippen LogP contribution in [0.5, 0.6) is 0 Å². The highest BCUT2D eigenvalue weighted by molar-refractivity contribution is 5.87. The lowest BCUT2D eigenvalue weighted by Gasteiger charge is -2.49. The van der Waals surface area contributed by atoms with Gasteiger partial charge in [0, 0.05) is 25.3 Å². The lowest BCUT2D eigenvalue weighted by Crippen LogP contribution is -2.67. The van der Waals surface area contributed by atoms with E-state index in [1.165, 1.54) is 37.8 Å². The second kappa shape index (κ2) is 42.1. The Bertz CT molecular complexity index is 2260. The molecule has 5 saturated heterocycles. The van der Waals surface area contributed by atoms with Crippen molar-refractivity contribution < 1.29 is 102 Å². The van der Waals surface area contributed by atoms with Crippen LogP contribution in [0.4, 0.5) is 0 Å². The molecule has 5 heterocycles. The molecule has 526 valence electrons. The average Bonchev–Trinajstić information content (AvgIpc) is 0.818. The van der Waals surface area contributed by atoms with E-state index in [1.807, 2.05) is 6.07 Å². The monoisotopic (exact) mass is 1300 g/mol. The van der Waals surface area contributed by atoms with Crippen LogP contribution in [-0.2, 0) is 76.0 Å². The number of fused-ring (bicyclic) bond motifs is 3. The van der Waals surface area contributed by atoms with E-state index in [2.05, 4.69) is 20.8 Å². The second-order valence-electron chi connectivity index (χ2n) is 26.3. The Morgan fingerprint density at radius 2 is 0.957 bits per heavy atom. The summed E-state index contributed by atoms with van der Waals surface area (Å²) < 4.78 is 76.0. The number of ether oxygens (including phenoxy) is 12. The van der Waals surface area contributed by atoms with Crippen LogP contribution in [0.15, 0.2) is 36.4 Å². The number of esters is 4. The van der Waals surface area contributed by atoms with E-state index >= 15 is 0 Å². The Hall–Kier alpha value is -3.68. The maximum absolute atomic E-state index is 14.0. The first-order chi connectivity index (χ1) is 44.4. The third-order valence-electron chi connectivity index (χ3n) is 18.5. The van der Waals surface area contributed by atoms with E-state index in [-0.39, 0.29) is 25.4 Å². The van der Waals surface area contributed by atoms with Crippen LogP contribution in [0.3, 0.4) is 0 Å². The van der Waals surface area contributed by atoms with Gasteiger partial charge in [0.1, 0.15) is 48.8 Å². The number of hydrogen-bond acceptors (Lipinski definition) is 21. The molecule has 2 bridgehead atoms. The Labute approximate surface area is 547 Å². The van der Waals surface area contributed by atoms with E-state index in [1.54, 1.807) is 52.0 Å². The van der Waals surface area contributed by atoms with Crippen molar-refractivity contribution in [3.8, 4) is 0 Å². The van der Waals surface area contributed by atoms with Gasteiger partial charge in [-0.05, 0) is 71.4 Å². The number of hydrogen-bond donors (Lipinski definition) is 5. The van der Waals surface area contributed by atoms with Crippen molar-refractivity contribution in [2.45, 2.75) is 376 Å². The lowest BCUT2D eigenvalue weighted by atomic mass is 9.95. The minimum absolute atomic E-state index is 0.0115. The fourth-order valence-corrected chi connectivity index (χ4v) is 12.9. The smallest absolute Gasteiger partial charge is 0.331 e. The van der Waals surface area contributed by atoms with Gasteiger partial charge < -0.3 is 82.4 Å². The molecule has 21 heteroatoms. The summed E-state index contributed by atoms with van der Waals surface area (Å²) in [4.78, 5) is 55.1. The first-order valence-corrected chi connectivity index (χ1v) is 35.6. The van der Waals surface area contributed by atoms with Gasteiger partial charge >= 0.3 is 23.9 Å². The molecule has 21 atom stereocenters. The lowest BCUT2D eigenvalue weighted by molar-refractivity contribution is -0.387. The molecule has 92 heavy (non-hydrogen) atoms. The van der Waals surface area contributed by atoms with Gasteiger partial charge in [0.05, 0.1) is 30.5 Å². The minimum atomic E-state index is -1.82. The summed E-state index contributed by atoms with van der Waals surface area (Å²) in [6, 6.07) is 9.01. The van der Waals surface area contributed by atoms with Crippen molar-refractivity contribution in [2.75, 3.05) is 0 Å². The molecule has 0 spiro atoms. The molecule has 0 amide bonds. The SMILES string of the molecule is CCCCCCCCCCCC(=O)O[C@@H]1[C@@H](O)[C@@H](OC(=O)/C=C/c2ccccc2)[C@H](O[C@@H]2[C@@H](O)[C@@H](OC(=O)CCCCCCCCC)[C@H](O[C@@H]3[C@H]4OC(=O)CCCCCCCCC[C@H](CCCCC)O[C@@H]5O[C@H](C)[C@H](O)[C@H](O)[C@H]5O[C@H](O[C@H]3C)[C@@H]4O)O[C@H]2C)O[C@H]1C. The van der Waals surface area contributed by atoms with Crippen LogP contribution in [0.2, 0.25) is 0 Å². The summed E-state index contributed by atoms with van der Waals surface area (Å²) in [5, 5.41) is 60.1. The minimum Gasteiger partial charge on any atom is -0.457 e. The molecule has 0 saturated carbocycles. The first kappa shape index (κ1) is 77.3. The number of rotatable bonds is 31. The Kier molecular flexibility index (Phi) is 35.4. The van der Waals surface area contributed by atoms with Crippen LogP contribution in [-0.4, -0.2) is 178 Å². The van der Waals surface area contributed by atoms with Crippen LogP contribution < -0.4 is 0 Å². The zero-order chi connectivity index (χ0) is 66.4. The summed E-state index contributed by atoms with van der Waals surface area (Å²) >= 11 is 0. The highest BCUT2D eigenvalue weighted by atomic mass is 16.8. The van der Waals surface area contributed by atoms with Gasteiger partial charge in [-0.1, -0.05) is 199 Å². The fraction of sp³-hybridized carbons (Fsp3) is 0.831. The average molecular weight is 1310 g/mol. The van der Waals surface area contributed by atoms with Crippen LogP contribution >= 0.6 is 0 Å². The predicted molar refractivity (Wildman–Crippen MR) is 342 cm³/mol. The highest BCUT2D eigenvalue weighted by Crippen LogP contribution is 2.38. The van der Waals surface area contributed by atoms with Crippen molar-refractivity contribution in [1.29, 1.82) is 0 Å². The Morgan fingerprint density at radius 1 is 0.467 bits per heavy atom. The molecule has 0 aliphatic carbocycles. The number of carbonyl (C=O) groups is 4. The van der Waals surface area contributed by atoms with E-state index < -0.39 is 147 Å². The maximum Gasteiger partial charge on any atom is 0.331 e. The van der Waals surface area contributed by atoms with Crippen LogP contribution in [0.1, 0.15) is 253 Å². The third-order valence-corrected chi connectivity index (χ3v) is 18.5. The van der Waals surface area contributed by atoms with Gasteiger partial charge in [-0.25, -0.2) is 4.79 Å². The summed E-state index contributed by atoms with van der Waals surface area (Å²) in [6.07, 6.45) is -0.0253. The van der Waals surface area contributed by atoms with Gasteiger partial charge in [-0.15, -0.1) is 0 Å². The first-order valence-electron chi connectivity index (χ1n) is 35.6. The van der Waals surface area contributed by atoms with E-state index in [0.717, 1.165) is 135 Å². The molecule has 0 radical (unpaired) electrons. The number of carbonyl (C=O) groups excluding carboxylic acids is 4. The van der Waals surface area contributed by atoms with Gasteiger partial charge in [0.2, 0.25) is 0 Å². The van der Waals surface area contributed by atoms with Gasteiger partial charge in [0.25, 0.3) is 0 Å². The Morgan fingerprint density at radius 3 is 1.57 bits per heavy atom. The largest absolute Gasteiger partial charge is 0.457 e. The van der Waals surface area contributed by atoms with Crippen molar-refractivity contribution in [3.05, 3.63) is 42.0 Å². The summed E-state index contributed by atoms with van der Waals surface area (Å²) in [6.45, 7) is 12.8. The van der Waals surface area contributed by atoms with Crippen molar-refractivity contribution in [3.63, 3.8) is 0 Å². The maximum atomic E-state index is 14.0. The molecular weight excluding hydrogens is 1190 g/mol. The molecule has 1 aromatic carbocycles. The molecule has 5 N–H and O–H groups in total. The molecule has 0 aromatic heterocycles. The highest BCUT2D eigenvalue weighted by Gasteiger charge is 2.57. The molecule has 5 aliphatic heterocycles. The molecule has 5 aliphatic rings. The molecule has 21 nitrogen and oxygen atoms in total. The topological polar surface area (TPSA) is 280 Å².